The summed E-state index contributed by atoms with van der Waals surface area (Å²) in [7, 11) is 0. The first-order chi connectivity index (χ1) is 10.6. The molecule has 2 rings (SSSR count). The molecule has 23 heavy (non-hydrogen) atoms. The number of hydrogen-bond acceptors (Lipinski definition) is 2. The van der Waals surface area contributed by atoms with E-state index in [1.807, 2.05) is 0 Å². The summed E-state index contributed by atoms with van der Waals surface area (Å²) in [5.41, 5.74) is 2.55. The Hall–Kier alpha value is -0.570. The van der Waals surface area contributed by atoms with Gasteiger partial charge in [-0.25, -0.2) is 0 Å². The van der Waals surface area contributed by atoms with Gasteiger partial charge in [-0.1, -0.05) is 64.4 Å². The Morgan fingerprint density at radius 1 is 1.13 bits per heavy atom. The van der Waals surface area contributed by atoms with Crippen LogP contribution in [0.25, 0.3) is 0 Å². The van der Waals surface area contributed by atoms with Crippen LogP contribution in [-0.4, -0.2) is 30.2 Å². The summed E-state index contributed by atoms with van der Waals surface area (Å²) in [4.78, 5) is 2.55. The number of morpholine rings is 1. The highest BCUT2D eigenvalue weighted by molar-refractivity contribution is 6.32. The predicted molar refractivity (Wildman–Crippen MR) is 99.3 cm³/mol. The highest BCUT2D eigenvalue weighted by atomic mass is 35.5. The van der Waals surface area contributed by atoms with Crippen LogP contribution in [0, 0.1) is 5.92 Å². The van der Waals surface area contributed by atoms with Gasteiger partial charge in [-0.15, -0.1) is 0 Å². The molecule has 3 heteroatoms. The quantitative estimate of drug-likeness (QED) is 0.727. The predicted octanol–water partition coefficient (Wildman–Crippen LogP) is 5.44. The molecule has 0 radical (unpaired) electrons. The molecule has 1 aromatic rings. The van der Waals surface area contributed by atoms with E-state index in [2.05, 4.69) is 71.6 Å². The Morgan fingerprint density at radius 3 is 2.17 bits per heavy atom. The van der Waals surface area contributed by atoms with Crippen LogP contribution in [0.1, 0.15) is 65.6 Å². The van der Waals surface area contributed by atoms with Crippen molar-refractivity contribution in [2.45, 2.75) is 72.1 Å². The van der Waals surface area contributed by atoms with Gasteiger partial charge in [-0.3, -0.25) is 4.90 Å². The van der Waals surface area contributed by atoms with E-state index in [9.17, 15) is 0 Å². The van der Waals surface area contributed by atoms with E-state index in [-0.39, 0.29) is 17.6 Å². The largest absolute Gasteiger partial charge is 0.373 e. The molecule has 3 unspecified atom stereocenters. The average Bonchev–Trinajstić information content (AvgIpc) is 2.38. The maximum absolute atomic E-state index is 6.87. The first-order valence-corrected chi connectivity index (χ1v) is 9.17. The van der Waals surface area contributed by atoms with Crippen molar-refractivity contribution in [1.82, 2.24) is 4.90 Å². The van der Waals surface area contributed by atoms with E-state index in [4.69, 9.17) is 16.3 Å². The average molecular weight is 338 g/mol. The van der Waals surface area contributed by atoms with E-state index in [0.29, 0.717) is 12.0 Å². The van der Waals surface area contributed by atoms with E-state index < -0.39 is 0 Å². The highest BCUT2D eigenvalue weighted by Gasteiger charge is 2.33. The van der Waals surface area contributed by atoms with Gasteiger partial charge in [0.1, 0.15) is 0 Å². The molecule has 0 bridgehead atoms. The van der Waals surface area contributed by atoms with Crippen molar-refractivity contribution in [2.75, 3.05) is 13.1 Å². The van der Waals surface area contributed by atoms with Crippen molar-refractivity contribution < 1.29 is 4.74 Å². The molecular formula is C20H32ClNO. The van der Waals surface area contributed by atoms with Crippen LogP contribution in [0.5, 0.6) is 0 Å². The molecule has 3 atom stereocenters. The highest BCUT2D eigenvalue weighted by Crippen LogP contribution is 2.39. The standard InChI is InChI=1S/C20H32ClNO/c1-13(2)19(22-11-14(3)23-15(4)12-22)16-9-8-10-17(18(16)21)20(5,6)7/h8-10,13-15,19H,11-12H2,1-7H3. The van der Waals surface area contributed by atoms with Gasteiger partial charge in [0.2, 0.25) is 0 Å². The Kier molecular flexibility index (Phi) is 5.81. The van der Waals surface area contributed by atoms with E-state index in [1.165, 1.54) is 11.1 Å². The van der Waals surface area contributed by atoms with Crippen molar-refractivity contribution in [3.05, 3.63) is 34.3 Å². The van der Waals surface area contributed by atoms with Crippen molar-refractivity contribution in [3.63, 3.8) is 0 Å². The maximum Gasteiger partial charge on any atom is 0.0678 e. The Balaban J connectivity index is 2.43. The molecule has 1 heterocycles. The van der Waals surface area contributed by atoms with Crippen LogP contribution in [-0.2, 0) is 10.2 Å². The van der Waals surface area contributed by atoms with Crippen molar-refractivity contribution in [3.8, 4) is 0 Å². The molecule has 0 aromatic heterocycles. The third kappa shape index (κ3) is 4.29. The third-order valence-corrected chi connectivity index (χ3v) is 5.05. The number of ether oxygens (including phenoxy) is 1. The first kappa shape index (κ1) is 18.8. The fourth-order valence-electron chi connectivity index (χ4n) is 3.78. The lowest BCUT2D eigenvalue weighted by Crippen LogP contribution is -2.48. The molecule has 1 aliphatic rings. The number of hydrogen-bond donors (Lipinski definition) is 0. The van der Waals surface area contributed by atoms with Gasteiger partial charge < -0.3 is 4.74 Å². The minimum Gasteiger partial charge on any atom is -0.373 e. The summed E-state index contributed by atoms with van der Waals surface area (Å²) in [5.74, 6) is 0.500. The molecule has 1 aliphatic heterocycles. The van der Waals surface area contributed by atoms with E-state index >= 15 is 0 Å². The molecule has 0 amide bonds. The zero-order chi connectivity index (χ0) is 17.4. The number of halogens is 1. The summed E-state index contributed by atoms with van der Waals surface area (Å²) in [6.45, 7) is 17.5. The smallest absolute Gasteiger partial charge is 0.0678 e. The van der Waals surface area contributed by atoms with Crippen LogP contribution in [0.3, 0.4) is 0 Å². The molecule has 1 fully saturated rings. The summed E-state index contributed by atoms with van der Waals surface area (Å²) in [6.07, 6.45) is 0.536. The molecule has 0 N–H and O–H groups in total. The Bertz CT molecular complexity index is 525. The fraction of sp³-hybridized carbons (Fsp3) is 0.700. The summed E-state index contributed by atoms with van der Waals surface area (Å²) in [5, 5.41) is 0.936. The van der Waals surface area contributed by atoms with Crippen LogP contribution in [0.4, 0.5) is 0 Å². The zero-order valence-corrected chi connectivity index (χ0v) is 16.4. The van der Waals surface area contributed by atoms with Crippen LogP contribution >= 0.6 is 11.6 Å². The Labute approximate surface area is 147 Å². The molecule has 0 saturated carbocycles. The van der Waals surface area contributed by atoms with E-state index in [0.717, 1.165) is 18.1 Å². The number of rotatable bonds is 3. The van der Waals surface area contributed by atoms with Crippen LogP contribution in [0.2, 0.25) is 5.02 Å². The molecular weight excluding hydrogens is 306 g/mol. The van der Waals surface area contributed by atoms with Gasteiger partial charge in [0.05, 0.1) is 12.2 Å². The summed E-state index contributed by atoms with van der Waals surface area (Å²) in [6, 6.07) is 6.85. The zero-order valence-electron chi connectivity index (χ0n) is 15.7. The summed E-state index contributed by atoms with van der Waals surface area (Å²) >= 11 is 6.87. The second kappa shape index (κ2) is 7.13. The molecule has 130 valence electrons. The van der Waals surface area contributed by atoms with Crippen molar-refractivity contribution in [2.24, 2.45) is 5.92 Å². The second-order valence-corrected chi connectivity index (χ2v) is 8.74. The second-order valence-electron chi connectivity index (χ2n) is 8.36. The van der Waals surface area contributed by atoms with Gasteiger partial charge in [-0.2, -0.15) is 0 Å². The lowest BCUT2D eigenvalue weighted by molar-refractivity contribution is -0.0862. The molecule has 1 saturated heterocycles. The molecule has 0 spiro atoms. The lowest BCUT2D eigenvalue weighted by atomic mass is 9.83. The normalized spacial score (nSPS) is 24.9. The first-order valence-electron chi connectivity index (χ1n) is 8.79. The molecule has 0 aliphatic carbocycles. The lowest BCUT2D eigenvalue weighted by Gasteiger charge is -2.42. The van der Waals surface area contributed by atoms with Crippen LogP contribution < -0.4 is 0 Å². The maximum atomic E-state index is 6.87. The van der Waals surface area contributed by atoms with Crippen molar-refractivity contribution >= 4 is 11.6 Å². The summed E-state index contributed by atoms with van der Waals surface area (Å²) < 4.78 is 5.92. The number of nitrogens with zero attached hydrogens (tertiary/aromatic N) is 1. The topological polar surface area (TPSA) is 12.5 Å². The van der Waals surface area contributed by atoms with Gasteiger partial charge >= 0.3 is 0 Å². The SMILES string of the molecule is CC1CN(C(c2cccc(C(C)(C)C)c2Cl)C(C)C)CC(C)O1. The number of benzene rings is 1. The van der Waals surface area contributed by atoms with Gasteiger partial charge in [0.25, 0.3) is 0 Å². The van der Waals surface area contributed by atoms with Gasteiger partial charge in [0.15, 0.2) is 0 Å². The van der Waals surface area contributed by atoms with E-state index in [1.54, 1.807) is 0 Å². The molecule has 1 aromatic carbocycles. The minimum absolute atomic E-state index is 0.0558. The Morgan fingerprint density at radius 2 is 1.70 bits per heavy atom. The van der Waals surface area contributed by atoms with Crippen molar-refractivity contribution in [1.29, 1.82) is 0 Å². The van der Waals surface area contributed by atoms with Crippen LogP contribution in [0.15, 0.2) is 18.2 Å². The minimum atomic E-state index is 0.0558. The molecule has 2 nitrogen and oxygen atoms in total. The third-order valence-electron chi connectivity index (χ3n) is 4.63. The fourth-order valence-corrected chi connectivity index (χ4v) is 4.30. The van der Waals surface area contributed by atoms with Gasteiger partial charge in [-0.05, 0) is 36.3 Å². The monoisotopic (exact) mass is 337 g/mol. The van der Waals surface area contributed by atoms with Gasteiger partial charge in [0, 0.05) is 24.2 Å².